The second-order valence-electron chi connectivity index (χ2n) is 5.74. The average Bonchev–Trinajstić information content (AvgIpc) is 2.58. The van der Waals surface area contributed by atoms with Crippen molar-refractivity contribution in [1.29, 1.82) is 0 Å². The Morgan fingerprint density at radius 3 is 2.58 bits per heavy atom. The number of rotatable bonds is 6. The van der Waals surface area contributed by atoms with Crippen LogP contribution in [0.5, 0.6) is 5.75 Å². The van der Waals surface area contributed by atoms with Gasteiger partial charge >= 0.3 is 5.97 Å². The molecule has 1 amide bonds. The number of halogens is 2. The molecule has 0 aliphatic carbocycles. The minimum atomic E-state index is -1.18. The van der Waals surface area contributed by atoms with Crippen LogP contribution in [0.3, 0.4) is 0 Å². The lowest BCUT2D eigenvalue weighted by Gasteiger charge is -2.15. The first-order chi connectivity index (χ1) is 12.3. The highest BCUT2D eigenvalue weighted by molar-refractivity contribution is 5.95. The molecule has 1 N–H and O–H groups in total. The molecule has 0 saturated carbocycles. The fraction of sp³-hybridized carbons (Fsp3) is 0.263. The van der Waals surface area contributed by atoms with Crippen LogP contribution in [0.15, 0.2) is 36.4 Å². The van der Waals surface area contributed by atoms with E-state index in [0.29, 0.717) is 11.3 Å². The number of methoxy groups -OCH3 is 1. The maximum absolute atomic E-state index is 13.6. The minimum Gasteiger partial charge on any atom is -0.496 e. The molecule has 2 aromatic carbocycles. The van der Waals surface area contributed by atoms with E-state index >= 15 is 0 Å². The molecule has 138 valence electrons. The Labute approximate surface area is 149 Å². The molecule has 0 spiro atoms. The van der Waals surface area contributed by atoms with Gasteiger partial charge in [-0.2, -0.15) is 0 Å². The number of carbonyl (C=O) groups excluding carboxylic acids is 2. The smallest absolute Gasteiger partial charge is 0.311 e. The number of amides is 1. The number of carbonyl (C=O) groups is 2. The highest BCUT2D eigenvalue weighted by Crippen LogP contribution is 2.21. The Bertz CT molecular complexity index is 823. The summed E-state index contributed by atoms with van der Waals surface area (Å²) in [7, 11) is 1.49. The van der Waals surface area contributed by atoms with E-state index < -0.39 is 29.6 Å². The molecule has 5 nitrogen and oxygen atoms in total. The van der Waals surface area contributed by atoms with Crippen LogP contribution in [0.25, 0.3) is 0 Å². The molecule has 0 aliphatic heterocycles. The fourth-order valence-corrected chi connectivity index (χ4v) is 2.32. The molecule has 26 heavy (non-hydrogen) atoms. The van der Waals surface area contributed by atoms with Crippen molar-refractivity contribution in [2.75, 3.05) is 12.4 Å². The molecule has 0 unspecified atom stereocenters. The predicted octanol–water partition coefficient (Wildman–Crippen LogP) is 3.39. The van der Waals surface area contributed by atoms with Gasteiger partial charge in [0.25, 0.3) is 5.91 Å². The summed E-state index contributed by atoms with van der Waals surface area (Å²) in [5.74, 6) is -2.36. The van der Waals surface area contributed by atoms with Crippen LogP contribution in [0.4, 0.5) is 14.5 Å². The summed E-state index contributed by atoms with van der Waals surface area (Å²) in [5.41, 5.74) is 1.25. The molecule has 2 aromatic rings. The summed E-state index contributed by atoms with van der Waals surface area (Å²) in [5, 5.41) is 2.20. The van der Waals surface area contributed by atoms with Crippen molar-refractivity contribution >= 4 is 17.6 Å². The van der Waals surface area contributed by atoms with Crippen LogP contribution < -0.4 is 10.1 Å². The monoisotopic (exact) mass is 363 g/mol. The third-order valence-corrected chi connectivity index (χ3v) is 3.63. The topological polar surface area (TPSA) is 64.6 Å². The maximum Gasteiger partial charge on any atom is 0.311 e. The molecule has 0 aromatic heterocycles. The van der Waals surface area contributed by atoms with Gasteiger partial charge < -0.3 is 14.8 Å². The maximum atomic E-state index is 13.6. The molecular formula is C19H19F2NO4. The standard InChI is InChI=1S/C19H19F2NO4/c1-11-4-7-17(25-3)13(8-11)9-18(23)26-12(2)19(24)22-16-10-14(20)5-6-15(16)21/h4-8,10,12H,9H2,1-3H3,(H,22,24)/t12-/m0/s1. The Balaban J connectivity index is 1.99. The van der Waals surface area contributed by atoms with Crippen molar-refractivity contribution < 1.29 is 27.8 Å². The fourth-order valence-electron chi connectivity index (χ4n) is 2.32. The van der Waals surface area contributed by atoms with Crippen molar-refractivity contribution in [2.24, 2.45) is 0 Å². The van der Waals surface area contributed by atoms with E-state index in [1.54, 1.807) is 12.1 Å². The summed E-state index contributed by atoms with van der Waals surface area (Å²) < 4.78 is 37.0. The van der Waals surface area contributed by atoms with Crippen molar-refractivity contribution in [3.8, 4) is 5.75 Å². The van der Waals surface area contributed by atoms with Crippen molar-refractivity contribution in [1.82, 2.24) is 0 Å². The lowest BCUT2D eigenvalue weighted by molar-refractivity contribution is -0.152. The highest BCUT2D eigenvalue weighted by Gasteiger charge is 2.20. The van der Waals surface area contributed by atoms with Crippen LogP contribution in [0, 0.1) is 18.6 Å². The summed E-state index contributed by atoms with van der Waals surface area (Å²) in [6, 6.07) is 8.04. The third-order valence-electron chi connectivity index (χ3n) is 3.63. The lowest BCUT2D eigenvalue weighted by atomic mass is 10.1. The van der Waals surface area contributed by atoms with Crippen molar-refractivity contribution in [3.05, 3.63) is 59.2 Å². The molecule has 2 rings (SSSR count). The van der Waals surface area contributed by atoms with Gasteiger partial charge in [-0.25, -0.2) is 8.78 Å². The summed E-state index contributed by atoms with van der Waals surface area (Å²) in [6.45, 7) is 3.22. The molecule has 0 bridgehead atoms. The number of hydrogen-bond donors (Lipinski definition) is 1. The zero-order chi connectivity index (χ0) is 19.3. The van der Waals surface area contributed by atoms with E-state index in [-0.39, 0.29) is 12.1 Å². The van der Waals surface area contributed by atoms with Gasteiger partial charge in [0.2, 0.25) is 0 Å². The first-order valence-corrected chi connectivity index (χ1v) is 7.89. The summed E-state index contributed by atoms with van der Waals surface area (Å²) in [4.78, 5) is 24.1. The number of hydrogen-bond acceptors (Lipinski definition) is 4. The van der Waals surface area contributed by atoms with Gasteiger partial charge in [-0.15, -0.1) is 0 Å². The minimum absolute atomic E-state index is 0.0865. The molecule has 0 radical (unpaired) electrons. The van der Waals surface area contributed by atoms with Gasteiger partial charge in [0.05, 0.1) is 19.2 Å². The van der Waals surface area contributed by atoms with Crippen LogP contribution >= 0.6 is 0 Å². The van der Waals surface area contributed by atoms with E-state index in [9.17, 15) is 18.4 Å². The van der Waals surface area contributed by atoms with Crippen LogP contribution in [-0.2, 0) is 20.7 Å². The molecular weight excluding hydrogens is 344 g/mol. The SMILES string of the molecule is COc1ccc(C)cc1CC(=O)O[C@@H](C)C(=O)Nc1cc(F)ccc1F. The predicted molar refractivity (Wildman–Crippen MR) is 92.0 cm³/mol. The second-order valence-corrected chi connectivity index (χ2v) is 5.74. The molecule has 0 saturated heterocycles. The number of benzene rings is 2. The van der Waals surface area contributed by atoms with Crippen molar-refractivity contribution in [2.45, 2.75) is 26.4 Å². The number of esters is 1. The highest BCUT2D eigenvalue weighted by atomic mass is 19.1. The zero-order valence-corrected chi connectivity index (χ0v) is 14.6. The van der Waals surface area contributed by atoms with Crippen LogP contribution in [0.2, 0.25) is 0 Å². The Morgan fingerprint density at radius 2 is 1.88 bits per heavy atom. The zero-order valence-electron chi connectivity index (χ0n) is 14.6. The molecule has 0 fully saturated rings. The van der Waals surface area contributed by atoms with Gasteiger partial charge in [-0.3, -0.25) is 9.59 Å². The lowest BCUT2D eigenvalue weighted by Crippen LogP contribution is -2.30. The van der Waals surface area contributed by atoms with E-state index in [0.717, 1.165) is 23.8 Å². The number of ether oxygens (including phenoxy) is 2. The third kappa shape index (κ3) is 5.02. The van der Waals surface area contributed by atoms with Crippen LogP contribution in [-0.4, -0.2) is 25.1 Å². The second kappa shape index (κ2) is 8.42. The average molecular weight is 363 g/mol. The van der Waals surface area contributed by atoms with Gasteiger partial charge in [-0.05, 0) is 32.0 Å². The molecule has 0 aliphatic rings. The largest absolute Gasteiger partial charge is 0.496 e. The van der Waals surface area contributed by atoms with E-state index in [1.165, 1.54) is 14.0 Å². The number of anilines is 1. The number of nitrogens with one attached hydrogen (secondary N) is 1. The number of aryl methyl sites for hydroxylation is 1. The van der Waals surface area contributed by atoms with Gasteiger partial charge in [0.15, 0.2) is 6.10 Å². The van der Waals surface area contributed by atoms with Gasteiger partial charge in [0.1, 0.15) is 17.4 Å². The van der Waals surface area contributed by atoms with Crippen LogP contribution in [0.1, 0.15) is 18.1 Å². The first kappa shape index (κ1) is 19.4. The summed E-state index contributed by atoms with van der Waals surface area (Å²) in [6.07, 6.45) is -1.27. The molecule has 0 heterocycles. The Kier molecular flexibility index (Phi) is 6.27. The normalized spacial score (nSPS) is 11.6. The molecule has 1 atom stereocenters. The Morgan fingerprint density at radius 1 is 1.15 bits per heavy atom. The van der Waals surface area contributed by atoms with Crippen molar-refractivity contribution in [3.63, 3.8) is 0 Å². The van der Waals surface area contributed by atoms with E-state index in [2.05, 4.69) is 5.32 Å². The Hall–Kier alpha value is -2.96. The van der Waals surface area contributed by atoms with E-state index in [1.807, 2.05) is 13.0 Å². The summed E-state index contributed by atoms with van der Waals surface area (Å²) >= 11 is 0. The first-order valence-electron chi connectivity index (χ1n) is 7.89. The molecule has 7 heteroatoms. The van der Waals surface area contributed by atoms with E-state index in [4.69, 9.17) is 9.47 Å². The van der Waals surface area contributed by atoms with Gasteiger partial charge in [-0.1, -0.05) is 17.7 Å². The van der Waals surface area contributed by atoms with Gasteiger partial charge in [0, 0.05) is 11.6 Å². The quantitative estimate of drug-likeness (QED) is 0.799.